The standard InChI is InChI=1S/C10H6BrF2NO2/c1-16-10(15)7-6(9(12)13)3-2-5(4-14)8(7)11/h2-3,9H,1H3. The van der Waals surface area contributed by atoms with E-state index in [1.807, 2.05) is 0 Å². The first-order valence-corrected chi connectivity index (χ1v) is 4.91. The molecule has 0 spiro atoms. The van der Waals surface area contributed by atoms with Crippen molar-refractivity contribution in [1.29, 1.82) is 5.26 Å². The van der Waals surface area contributed by atoms with Gasteiger partial charge in [-0.2, -0.15) is 5.26 Å². The minimum Gasteiger partial charge on any atom is -0.465 e. The number of esters is 1. The van der Waals surface area contributed by atoms with E-state index in [-0.39, 0.29) is 15.6 Å². The second kappa shape index (κ2) is 5.03. The van der Waals surface area contributed by atoms with Crippen molar-refractivity contribution in [2.45, 2.75) is 6.43 Å². The fourth-order valence-electron chi connectivity index (χ4n) is 1.17. The van der Waals surface area contributed by atoms with E-state index in [1.165, 1.54) is 6.07 Å². The summed E-state index contributed by atoms with van der Waals surface area (Å²) < 4.78 is 29.7. The SMILES string of the molecule is COC(=O)c1c(C(F)F)ccc(C#N)c1Br. The molecule has 3 nitrogen and oxygen atoms in total. The van der Waals surface area contributed by atoms with Crippen molar-refractivity contribution in [3.8, 4) is 6.07 Å². The summed E-state index contributed by atoms with van der Waals surface area (Å²) in [5.74, 6) is -0.903. The predicted molar refractivity (Wildman–Crippen MR) is 55.2 cm³/mol. The van der Waals surface area contributed by atoms with Crippen LogP contribution in [0.4, 0.5) is 8.78 Å². The van der Waals surface area contributed by atoms with Crippen molar-refractivity contribution in [1.82, 2.24) is 0 Å². The van der Waals surface area contributed by atoms with E-state index in [2.05, 4.69) is 20.7 Å². The molecule has 0 bridgehead atoms. The molecule has 0 fully saturated rings. The van der Waals surface area contributed by atoms with Gasteiger partial charge in [0.2, 0.25) is 0 Å². The van der Waals surface area contributed by atoms with Gasteiger partial charge in [-0.25, -0.2) is 13.6 Å². The van der Waals surface area contributed by atoms with Gasteiger partial charge in [0, 0.05) is 5.56 Å². The van der Waals surface area contributed by atoms with Crippen molar-refractivity contribution >= 4 is 21.9 Å². The van der Waals surface area contributed by atoms with E-state index in [1.54, 1.807) is 6.07 Å². The van der Waals surface area contributed by atoms with Gasteiger partial charge in [-0.3, -0.25) is 0 Å². The second-order valence-corrected chi connectivity index (χ2v) is 3.59. The first-order chi connectivity index (χ1) is 7.52. The number of hydrogen-bond donors (Lipinski definition) is 0. The molecule has 1 aromatic carbocycles. The molecule has 0 unspecified atom stereocenters. The van der Waals surface area contributed by atoms with Crippen molar-refractivity contribution in [2.24, 2.45) is 0 Å². The number of carbonyl (C=O) groups excluding carboxylic acids is 1. The Balaban J connectivity index is 3.50. The predicted octanol–water partition coefficient (Wildman–Crippen LogP) is 3.04. The van der Waals surface area contributed by atoms with Gasteiger partial charge in [-0.15, -0.1) is 0 Å². The summed E-state index contributed by atoms with van der Waals surface area (Å²) in [4.78, 5) is 11.3. The first-order valence-electron chi connectivity index (χ1n) is 4.11. The molecule has 0 saturated heterocycles. The lowest BCUT2D eigenvalue weighted by Crippen LogP contribution is -2.08. The summed E-state index contributed by atoms with van der Waals surface area (Å²) in [6, 6.07) is 4.04. The van der Waals surface area contributed by atoms with Gasteiger partial charge >= 0.3 is 5.97 Å². The molecule has 6 heteroatoms. The lowest BCUT2D eigenvalue weighted by molar-refractivity contribution is 0.0588. The van der Waals surface area contributed by atoms with Gasteiger partial charge < -0.3 is 4.74 Å². The smallest absolute Gasteiger partial charge is 0.339 e. The van der Waals surface area contributed by atoms with Crippen LogP contribution in [0.25, 0.3) is 0 Å². The minimum absolute atomic E-state index is 0.0275. The van der Waals surface area contributed by atoms with E-state index in [0.717, 1.165) is 13.2 Å². The highest BCUT2D eigenvalue weighted by molar-refractivity contribution is 9.10. The first kappa shape index (κ1) is 12.6. The Bertz CT molecular complexity index is 469. The van der Waals surface area contributed by atoms with Crippen LogP contribution in [0.3, 0.4) is 0 Å². The van der Waals surface area contributed by atoms with E-state index in [0.29, 0.717) is 0 Å². The molecule has 1 aromatic rings. The monoisotopic (exact) mass is 289 g/mol. The van der Waals surface area contributed by atoms with Crippen LogP contribution in [0, 0.1) is 11.3 Å². The van der Waals surface area contributed by atoms with Crippen LogP contribution in [0.15, 0.2) is 16.6 Å². The highest BCUT2D eigenvalue weighted by Gasteiger charge is 2.23. The zero-order valence-electron chi connectivity index (χ0n) is 8.13. The zero-order valence-corrected chi connectivity index (χ0v) is 9.72. The lowest BCUT2D eigenvalue weighted by atomic mass is 10.0. The van der Waals surface area contributed by atoms with E-state index in [9.17, 15) is 13.6 Å². The number of nitrogens with zero attached hydrogens (tertiary/aromatic N) is 1. The Morgan fingerprint density at radius 1 is 1.56 bits per heavy atom. The van der Waals surface area contributed by atoms with Crippen LogP contribution in [0.5, 0.6) is 0 Å². The fourth-order valence-corrected chi connectivity index (χ4v) is 1.78. The summed E-state index contributed by atoms with van der Waals surface area (Å²) in [6.45, 7) is 0. The van der Waals surface area contributed by atoms with Gasteiger partial charge in [0.05, 0.1) is 22.7 Å². The van der Waals surface area contributed by atoms with Crippen molar-refractivity contribution < 1.29 is 18.3 Å². The Kier molecular flexibility index (Phi) is 3.96. The third-order valence-corrected chi connectivity index (χ3v) is 2.74. The molecular formula is C10H6BrF2NO2. The average Bonchev–Trinajstić information content (AvgIpc) is 2.27. The number of alkyl halides is 2. The summed E-state index contributed by atoms with van der Waals surface area (Å²) in [5, 5.41) is 8.71. The quantitative estimate of drug-likeness (QED) is 0.786. The van der Waals surface area contributed by atoms with E-state index < -0.39 is 18.0 Å². The van der Waals surface area contributed by atoms with E-state index in [4.69, 9.17) is 5.26 Å². The van der Waals surface area contributed by atoms with Crippen LogP contribution in [0.2, 0.25) is 0 Å². The number of rotatable bonds is 2. The molecule has 0 aliphatic rings. The number of methoxy groups -OCH3 is 1. The molecule has 0 saturated carbocycles. The van der Waals surface area contributed by atoms with Crippen LogP contribution in [0.1, 0.15) is 27.9 Å². The number of ether oxygens (including phenoxy) is 1. The maximum atomic E-state index is 12.6. The molecule has 0 aromatic heterocycles. The summed E-state index contributed by atoms with van der Waals surface area (Å²) >= 11 is 2.95. The van der Waals surface area contributed by atoms with Crippen molar-refractivity contribution in [3.05, 3.63) is 33.3 Å². The van der Waals surface area contributed by atoms with Crippen LogP contribution in [-0.2, 0) is 4.74 Å². The topological polar surface area (TPSA) is 50.1 Å². The third-order valence-electron chi connectivity index (χ3n) is 1.92. The summed E-state index contributed by atoms with van der Waals surface area (Å²) in [6.07, 6.45) is -2.81. The van der Waals surface area contributed by atoms with E-state index >= 15 is 0 Å². The zero-order chi connectivity index (χ0) is 12.3. The number of nitriles is 1. The number of carbonyl (C=O) groups is 1. The maximum Gasteiger partial charge on any atom is 0.339 e. The molecule has 0 N–H and O–H groups in total. The number of halogens is 3. The van der Waals surface area contributed by atoms with Crippen molar-refractivity contribution in [3.63, 3.8) is 0 Å². The molecule has 0 radical (unpaired) electrons. The summed E-state index contributed by atoms with van der Waals surface area (Å²) in [7, 11) is 1.09. The second-order valence-electron chi connectivity index (χ2n) is 2.80. The van der Waals surface area contributed by atoms with Gasteiger partial charge in [-0.05, 0) is 22.0 Å². The highest BCUT2D eigenvalue weighted by Crippen LogP contribution is 2.31. The Morgan fingerprint density at radius 2 is 2.19 bits per heavy atom. The van der Waals surface area contributed by atoms with Gasteiger partial charge in [-0.1, -0.05) is 6.07 Å². The molecule has 0 amide bonds. The molecule has 84 valence electrons. The summed E-state index contributed by atoms with van der Waals surface area (Å²) in [5.41, 5.74) is -0.668. The fraction of sp³-hybridized carbons (Fsp3) is 0.200. The Hall–Kier alpha value is -1.48. The third kappa shape index (κ3) is 2.19. The largest absolute Gasteiger partial charge is 0.465 e. The van der Waals surface area contributed by atoms with Gasteiger partial charge in [0.1, 0.15) is 6.07 Å². The number of hydrogen-bond acceptors (Lipinski definition) is 3. The molecule has 0 aliphatic carbocycles. The lowest BCUT2D eigenvalue weighted by Gasteiger charge is -2.09. The van der Waals surface area contributed by atoms with Crippen LogP contribution < -0.4 is 0 Å². The molecule has 0 atom stereocenters. The Labute approximate surface area is 98.8 Å². The average molecular weight is 290 g/mol. The van der Waals surface area contributed by atoms with Gasteiger partial charge in [0.25, 0.3) is 6.43 Å². The minimum atomic E-state index is -2.81. The molecule has 16 heavy (non-hydrogen) atoms. The molecule has 0 aliphatic heterocycles. The highest BCUT2D eigenvalue weighted by atomic mass is 79.9. The normalized spacial score (nSPS) is 10.0. The molecule has 0 heterocycles. The van der Waals surface area contributed by atoms with Crippen LogP contribution >= 0.6 is 15.9 Å². The Morgan fingerprint density at radius 3 is 2.62 bits per heavy atom. The maximum absolute atomic E-state index is 12.6. The van der Waals surface area contributed by atoms with Crippen LogP contribution in [-0.4, -0.2) is 13.1 Å². The number of benzene rings is 1. The van der Waals surface area contributed by atoms with Gasteiger partial charge in [0.15, 0.2) is 0 Å². The molecule has 1 rings (SSSR count). The van der Waals surface area contributed by atoms with Crippen molar-refractivity contribution in [2.75, 3.05) is 7.11 Å². The molecular weight excluding hydrogens is 284 g/mol.